The fourth-order valence-electron chi connectivity index (χ4n) is 5.76. The summed E-state index contributed by atoms with van der Waals surface area (Å²) >= 11 is 4.14. The van der Waals surface area contributed by atoms with Crippen molar-refractivity contribution in [2.75, 3.05) is 6.54 Å². The molecule has 1 saturated heterocycles. The third-order valence-corrected chi connectivity index (χ3v) is 8.16. The maximum Gasteiger partial charge on any atom is 0.0220 e. The molecule has 3 fully saturated rings. The Morgan fingerprint density at radius 2 is 2.14 bits per heavy atom. The first-order chi connectivity index (χ1) is 10.2. The summed E-state index contributed by atoms with van der Waals surface area (Å²) in [7, 11) is 0. The van der Waals surface area contributed by atoms with Crippen LogP contribution in [-0.2, 0) is 0 Å². The van der Waals surface area contributed by atoms with Gasteiger partial charge in [0, 0.05) is 10.9 Å². The predicted molar refractivity (Wildman–Crippen MR) is 92.6 cm³/mol. The second-order valence-corrected chi connectivity index (χ2v) is 8.97. The summed E-state index contributed by atoms with van der Waals surface area (Å²) in [6, 6.07) is 0.785. The van der Waals surface area contributed by atoms with Crippen LogP contribution in [0.4, 0.5) is 0 Å². The summed E-state index contributed by atoms with van der Waals surface area (Å²) < 4.78 is 0. The molecule has 0 aromatic rings. The van der Waals surface area contributed by atoms with Crippen molar-refractivity contribution < 1.29 is 0 Å². The van der Waals surface area contributed by atoms with Gasteiger partial charge in [-0.05, 0) is 74.7 Å². The Morgan fingerprint density at radius 1 is 1.24 bits per heavy atom. The van der Waals surface area contributed by atoms with E-state index in [9.17, 15) is 0 Å². The van der Waals surface area contributed by atoms with Crippen LogP contribution in [0.15, 0.2) is 23.8 Å². The lowest BCUT2D eigenvalue weighted by molar-refractivity contribution is 0.116. The Kier molecular flexibility index (Phi) is 4.04. The molecule has 1 heterocycles. The highest BCUT2D eigenvalue weighted by atomic mass is 79.9. The lowest BCUT2D eigenvalue weighted by Gasteiger charge is -2.47. The van der Waals surface area contributed by atoms with Gasteiger partial charge >= 0.3 is 0 Å². The van der Waals surface area contributed by atoms with Crippen molar-refractivity contribution in [2.45, 2.75) is 56.3 Å². The molecule has 2 heteroatoms. The zero-order chi connectivity index (χ0) is 14.4. The number of hydrogen-bond donors (Lipinski definition) is 1. The standard InChI is InChI=1S/C19H28BrN/c1-12-9-17-16(15(12)10-13-5-2-3-6-13)11-18-14(19(17)20)7-4-8-21-18/h2-3,5,12,14-19,21H,4,6-11H2,1H3. The summed E-state index contributed by atoms with van der Waals surface area (Å²) in [6.07, 6.45) is 15.2. The monoisotopic (exact) mass is 349 g/mol. The van der Waals surface area contributed by atoms with Crippen LogP contribution in [0.25, 0.3) is 0 Å². The maximum atomic E-state index is 4.14. The summed E-state index contributed by atoms with van der Waals surface area (Å²) in [5.41, 5.74) is 1.68. The summed E-state index contributed by atoms with van der Waals surface area (Å²) in [5, 5.41) is 3.84. The molecule has 0 aromatic heterocycles. The van der Waals surface area contributed by atoms with Crippen molar-refractivity contribution in [1.29, 1.82) is 0 Å². The molecule has 2 saturated carbocycles. The molecule has 7 unspecified atom stereocenters. The van der Waals surface area contributed by atoms with Gasteiger partial charge in [0.15, 0.2) is 0 Å². The van der Waals surface area contributed by atoms with Crippen LogP contribution in [0.2, 0.25) is 0 Å². The number of hydrogen-bond acceptors (Lipinski definition) is 1. The van der Waals surface area contributed by atoms with Crippen LogP contribution in [0, 0.1) is 29.6 Å². The third-order valence-electron chi connectivity index (χ3n) is 6.80. The topological polar surface area (TPSA) is 12.0 Å². The summed E-state index contributed by atoms with van der Waals surface area (Å²) in [5.74, 6) is 4.59. The molecular weight excluding hydrogens is 322 g/mol. The molecule has 116 valence electrons. The fraction of sp³-hybridized carbons (Fsp3) is 0.789. The van der Waals surface area contributed by atoms with E-state index in [-0.39, 0.29) is 0 Å². The minimum Gasteiger partial charge on any atom is -0.314 e. The summed E-state index contributed by atoms with van der Waals surface area (Å²) in [4.78, 5) is 0.761. The van der Waals surface area contributed by atoms with Gasteiger partial charge in [-0.3, -0.25) is 0 Å². The lowest BCUT2D eigenvalue weighted by Crippen LogP contribution is -2.52. The van der Waals surface area contributed by atoms with Crippen LogP contribution in [0.3, 0.4) is 0 Å². The van der Waals surface area contributed by atoms with Crippen molar-refractivity contribution >= 4 is 15.9 Å². The molecule has 3 aliphatic carbocycles. The minimum atomic E-state index is 0.761. The number of halogens is 1. The number of piperidine rings is 1. The highest BCUT2D eigenvalue weighted by Crippen LogP contribution is 2.55. The molecule has 4 aliphatic rings. The van der Waals surface area contributed by atoms with Gasteiger partial charge in [-0.2, -0.15) is 0 Å². The molecule has 21 heavy (non-hydrogen) atoms. The Bertz CT molecular complexity index is 454. The molecule has 0 aromatic carbocycles. The average Bonchev–Trinajstić information content (AvgIpc) is 3.10. The van der Waals surface area contributed by atoms with Gasteiger partial charge in [-0.1, -0.05) is 46.7 Å². The van der Waals surface area contributed by atoms with Crippen LogP contribution in [0.1, 0.15) is 45.4 Å². The van der Waals surface area contributed by atoms with E-state index in [0.717, 1.165) is 40.5 Å². The third kappa shape index (κ3) is 2.57. The van der Waals surface area contributed by atoms with E-state index in [2.05, 4.69) is 46.4 Å². The number of fused-ring (bicyclic) bond motifs is 2. The van der Waals surface area contributed by atoms with Gasteiger partial charge in [-0.25, -0.2) is 0 Å². The van der Waals surface area contributed by atoms with E-state index in [1.54, 1.807) is 5.57 Å². The predicted octanol–water partition coefficient (Wildman–Crippen LogP) is 4.69. The Hall–Kier alpha value is -0.0800. The van der Waals surface area contributed by atoms with Crippen LogP contribution < -0.4 is 5.32 Å². The normalized spacial score (nSPS) is 48.9. The molecule has 0 bridgehead atoms. The molecule has 4 rings (SSSR count). The number of rotatable bonds is 2. The van der Waals surface area contributed by atoms with Crippen LogP contribution >= 0.6 is 15.9 Å². The van der Waals surface area contributed by atoms with Crippen LogP contribution in [-0.4, -0.2) is 17.4 Å². The highest BCUT2D eigenvalue weighted by molar-refractivity contribution is 9.09. The van der Waals surface area contributed by atoms with E-state index in [4.69, 9.17) is 0 Å². The van der Waals surface area contributed by atoms with Crippen molar-refractivity contribution in [3.05, 3.63) is 23.8 Å². The van der Waals surface area contributed by atoms with E-state index in [1.807, 2.05) is 0 Å². The number of alkyl halides is 1. The Morgan fingerprint density at radius 3 is 2.95 bits per heavy atom. The quantitative estimate of drug-likeness (QED) is 0.713. The largest absolute Gasteiger partial charge is 0.314 e. The van der Waals surface area contributed by atoms with E-state index < -0.39 is 0 Å². The van der Waals surface area contributed by atoms with Crippen molar-refractivity contribution in [3.8, 4) is 0 Å². The van der Waals surface area contributed by atoms with Crippen molar-refractivity contribution in [3.63, 3.8) is 0 Å². The lowest BCUT2D eigenvalue weighted by atomic mass is 9.67. The van der Waals surface area contributed by atoms with E-state index >= 15 is 0 Å². The van der Waals surface area contributed by atoms with Gasteiger partial charge in [0.2, 0.25) is 0 Å². The van der Waals surface area contributed by atoms with Crippen molar-refractivity contribution in [1.82, 2.24) is 5.32 Å². The first-order valence-corrected chi connectivity index (χ1v) is 9.87. The number of allylic oxidation sites excluding steroid dienone is 4. The first-order valence-electron chi connectivity index (χ1n) is 8.96. The van der Waals surface area contributed by atoms with E-state index in [0.29, 0.717) is 0 Å². The maximum absolute atomic E-state index is 4.14. The minimum absolute atomic E-state index is 0.761. The van der Waals surface area contributed by atoms with Crippen LogP contribution in [0.5, 0.6) is 0 Å². The molecular formula is C19H28BrN. The Labute approximate surface area is 137 Å². The van der Waals surface area contributed by atoms with Gasteiger partial charge < -0.3 is 5.32 Å². The van der Waals surface area contributed by atoms with Crippen molar-refractivity contribution in [2.24, 2.45) is 29.6 Å². The second kappa shape index (κ2) is 5.85. The summed E-state index contributed by atoms with van der Waals surface area (Å²) in [6.45, 7) is 3.76. The zero-order valence-electron chi connectivity index (χ0n) is 13.1. The molecule has 1 N–H and O–H groups in total. The molecule has 0 spiro atoms. The van der Waals surface area contributed by atoms with Gasteiger partial charge in [0.05, 0.1) is 0 Å². The van der Waals surface area contributed by atoms with Gasteiger partial charge in [0.1, 0.15) is 0 Å². The molecule has 0 amide bonds. The smallest absolute Gasteiger partial charge is 0.0220 e. The highest BCUT2D eigenvalue weighted by Gasteiger charge is 2.51. The zero-order valence-corrected chi connectivity index (χ0v) is 14.7. The van der Waals surface area contributed by atoms with Gasteiger partial charge in [0.25, 0.3) is 0 Å². The SMILES string of the molecule is CC1CC2C(Br)C3CCCNC3CC2C1CC1=CC=CC1. The molecule has 1 nitrogen and oxygen atoms in total. The molecule has 0 radical (unpaired) electrons. The number of nitrogens with one attached hydrogen (secondary N) is 1. The first kappa shape index (κ1) is 14.5. The second-order valence-electron chi connectivity index (χ2n) is 7.91. The van der Waals surface area contributed by atoms with E-state index in [1.165, 1.54) is 45.1 Å². The fourth-order valence-corrected chi connectivity index (χ4v) is 7.00. The molecule has 7 atom stereocenters. The average molecular weight is 350 g/mol. The molecule has 1 aliphatic heterocycles. The van der Waals surface area contributed by atoms with Gasteiger partial charge in [-0.15, -0.1) is 0 Å². The Balaban J connectivity index is 1.52.